The van der Waals surface area contributed by atoms with E-state index in [2.05, 4.69) is 15.6 Å². The molecule has 2 amide bonds. The third kappa shape index (κ3) is 4.66. The van der Waals surface area contributed by atoms with Crippen molar-refractivity contribution in [3.63, 3.8) is 0 Å². The monoisotopic (exact) mass is 301 g/mol. The second kappa shape index (κ2) is 7.87. The fourth-order valence-electron chi connectivity index (χ4n) is 1.85. The molecule has 0 aliphatic carbocycles. The summed E-state index contributed by atoms with van der Waals surface area (Å²) in [5.41, 5.74) is 0.805. The highest BCUT2D eigenvalue weighted by atomic mass is 19.1. The molecule has 0 radical (unpaired) electrons. The maximum Gasteiger partial charge on any atom is 0.252 e. The van der Waals surface area contributed by atoms with Crippen molar-refractivity contribution in [3.05, 3.63) is 65.7 Å². The van der Waals surface area contributed by atoms with E-state index in [4.69, 9.17) is 0 Å². The predicted octanol–water partition coefficient (Wildman–Crippen LogP) is 1.31. The van der Waals surface area contributed by atoms with Crippen LogP contribution < -0.4 is 10.6 Å². The fraction of sp³-hybridized carbons (Fsp3) is 0.188. The maximum absolute atomic E-state index is 13.4. The van der Waals surface area contributed by atoms with E-state index in [1.165, 1.54) is 12.3 Å². The molecule has 2 rings (SSSR count). The van der Waals surface area contributed by atoms with Gasteiger partial charge in [0, 0.05) is 25.5 Å². The Labute approximate surface area is 127 Å². The minimum Gasteiger partial charge on any atom is -0.354 e. The number of amides is 2. The lowest BCUT2D eigenvalue weighted by molar-refractivity contribution is -0.120. The lowest BCUT2D eigenvalue weighted by Crippen LogP contribution is -2.35. The largest absolute Gasteiger partial charge is 0.354 e. The highest BCUT2D eigenvalue weighted by molar-refractivity contribution is 5.93. The Bertz CT molecular complexity index is 647. The Morgan fingerprint density at radius 3 is 2.55 bits per heavy atom. The van der Waals surface area contributed by atoms with Crippen molar-refractivity contribution >= 4 is 11.8 Å². The Kier molecular flexibility index (Phi) is 5.59. The van der Waals surface area contributed by atoms with Crippen molar-refractivity contribution in [3.8, 4) is 0 Å². The quantitative estimate of drug-likeness (QED) is 0.790. The number of pyridine rings is 1. The summed E-state index contributed by atoms with van der Waals surface area (Å²) in [5.74, 6) is -0.945. The Morgan fingerprint density at radius 1 is 1.05 bits per heavy atom. The molecule has 5 nitrogen and oxygen atoms in total. The van der Waals surface area contributed by atoms with Crippen LogP contribution in [0.1, 0.15) is 15.9 Å². The van der Waals surface area contributed by atoms with Crippen molar-refractivity contribution in [1.82, 2.24) is 15.6 Å². The van der Waals surface area contributed by atoms with E-state index >= 15 is 0 Å². The third-order valence-corrected chi connectivity index (χ3v) is 2.97. The molecular weight excluding hydrogens is 285 g/mol. The van der Waals surface area contributed by atoms with Crippen LogP contribution in [0, 0.1) is 5.82 Å². The molecule has 0 bridgehead atoms. The van der Waals surface area contributed by atoms with E-state index in [1.807, 2.05) is 0 Å². The molecule has 0 aliphatic rings. The van der Waals surface area contributed by atoms with Gasteiger partial charge >= 0.3 is 0 Å². The van der Waals surface area contributed by atoms with Gasteiger partial charge in [0.1, 0.15) is 5.82 Å². The standard InChI is InChI=1S/C16H16FN3O2/c17-14-6-2-1-4-12(14)10-15(21)19-8-9-20-16(22)13-5-3-7-18-11-13/h1-7,11H,8-10H2,(H,19,21)(H,20,22). The molecule has 1 aromatic carbocycles. The van der Waals surface area contributed by atoms with Gasteiger partial charge < -0.3 is 10.6 Å². The third-order valence-electron chi connectivity index (χ3n) is 2.97. The first kappa shape index (κ1) is 15.6. The zero-order chi connectivity index (χ0) is 15.8. The lowest BCUT2D eigenvalue weighted by Gasteiger charge is -2.07. The first-order valence-corrected chi connectivity index (χ1v) is 6.85. The lowest BCUT2D eigenvalue weighted by atomic mass is 10.1. The number of rotatable bonds is 6. The molecule has 1 aromatic heterocycles. The second-order valence-corrected chi connectivity index (χ2v) is 4.62. The molecule has 0 spiro atoms. The number of aromatic nitrogens is 1. The van der Waals surface area contributed by atoms with E-state index in [9.17, 15) is 14.0 Å². The average Bonchev–Trinajstić information content (AvgIpc) is 2.54. The SMILES string of the molecule is O=C(Cc1ccccc1F)NCCNC(=O)c1cccnc1. The zero-order valence-corrected chi connectivity index (χ0v) is 11.9. The molecule has 0 unspecified atom stereocenters. The summed E-state index contributed by atoms with van der Waals surface area (Å²) in [6, 6.07) is 9.46. The van der Waals surface area contributed by atoms with Crippen LogP contribution in [0.3, 0.4) is 0 Å². The van der Waals surface area contributed by atoms with Crippen LogP contribution in [-0.2, 0) is 11.2 Å². The van der Waals surface area contributed by atoms with Crippen molar-refractivity contribution in [2.45, 2.75) is 6.42 Å². The molecule has 2 aromatic rings. The predicted molar refractivity (Wildman–Crippen MR) is 79.7 cm³/mol. The van der Waals surface area contributed by atoms with Gasteiger partial charge in [-0.05, 0) is 23.8 Å². The van der Waals surface area contributed by atoms with Crippen LogP contribution in [0.5, 0.6) is 0 Å². The van der Waals surface area contributed by atoms with Crippen molar-refractivity contribution in [2.75, 3.05) is 13.1 Å². The van der Waals surface area contributed by atoms with Crippen LogP contribution in [0.2, 0.25) is 0 Å². The van der Waals surface area contributed by atoms with E-state index < -0.39 is 5.82 Å². The number of hydrogen-bond donors (Lipinski definition) is 2. The number of benzene rings is 1. The molecule has 1 heterocycles. The Balaban J connectivity index is 1.69. The topological polar surface area (TPSA) is 71.1 Å². The second-order valence-electron chi connectivity index (χ2n) is 4.62. The van der Waals surface area contributed by atoms with Gasteiger partial charge in [-0.25, -0.2) is 4.39 Å². The van der Waals surface area contributed by atoms with Crippen LogP contribution in [0.25, 0.3) is 0 Å². The van der Waals surface area contributed by atoms with Gasteiger partial charge in [-0.15, -0.1) is 0 Å². The van der Waals surface area contributed by atoms with Gasteiger partial charge in [0.25, 0.3) is 5.91 Å². The summed E-state index contributed by atoms with van der Waals surface area (Å²) in [6.45, 7) is 0.566. The smallest absolute Gasteiger partial charge is 0.252 e. The summed E-state index contributed by atoms with van der Waals surface area (Å²) in [7, 11) is 0. The van der Waals surface area contributed by atoms with Gasteiger partial charge in [0.15, 0.2) is 0 Å². The van der Waals surface area contributed by atoms with Crippen molar-refractivity contribution in [1.29, 1.82) is 0 Å². The minimum atomic E-state index is -0.400. The van der Waals surface area contributed by atoms with Gasteiger partial charge in [0.05, 0.1) is 12.0 Å². The Morgan fingerprint density at radius 2 is 1.82 bits per heavy atom. The molecule has 6 heteroatoms. The summed E-state index contributed by atoms with van der Waals surface area (Å²) in [6.07, 6.45) is 3.02. The van der Waals surface area contributed by atoms with E-state index in [1.54, 1.807) is 36.5 Å². The van der Waals surface area contributed by atoms with E-state index in [0.717, 1.165) is 0 Å². The summed E-state index contributed by atoms with van der Waals surface area (Å²) in [5, 5.41) is 5.29. The molecule has 0 fully saturated rings. The Hall–Kier alpha value is -2.76. The average molecular weight is 301 g/mol. The van der Waals surface area contributed by atoms with Crippen molar-refractivity contribution < 1.29 is 14.0 Å². The van der Waals surface area contributed by atoms with Gasteiger partial charge in [-0.2, -0.15) is 0 Å². The zero-order valence-electron chi connectivity index (χ0n) is 11.9. The van der Waals surface area contributed by atoms with Gasteiger partial charge in [-0.3, -0.25) is 14.6 Å². The molecule has 114 valence electrons. The highest BCUT2D eigenvalue weighted by Gasteiger charge is 2.08. The number of carbonyl (C=O) groups is 2. The minimum absolute atomic E-state index is 0.0246. The van der Waals surface area contributed by atoms with Crippen LogP contribution >= 0.6 is 0 Å². The number of carbonyl (C=O) groups excluding carboxylic acids is 2. The van der Waals surface area contributed by atoms with Crippen LogP contribution in [0.4, 0.5) is 4.39 Å². The van der Waals surface area contributed by atoms with Crippen LogP contribution in [-0.4, -0.2) is 29.9 Å². The van der Waals surface area contributed by atoms with Crippen molar-refractivity contribution in [2.24, 2.45) is 0 Å². The molecular formula is C16H16FN3O2. The maximum atomic E-state index is 13.4. The first-order chi connectivity index (χ1) is 10.7. The molecule has 0 atom stereocenters. The molecule has 0 aliphatic heterocycles. The van der Waals surface area contributed by atoms with Gasteiger partial charge in [-0.1, -0.05) is 18.2 Å². The molecule has 0 saturated heterocycles. The summed E-state index contributed by atoms with van der Waals surface area (Å²) < 4.78 is 13.4. The van der Waals surface area contributed by atoms with Crippen LogP contribution in [0.15, 0.2) is 48.8 Å². The number of halogens is 1. The number of nitrogens with one attached hydrogen (secondary N) is 2. The number of nitrogens with zero attached hydrogens (tertiary/aromatic N) is 1. The first-order valence-electron chi connectivity index (χ1n) is 6.85. The fourth-order valence-corrected chi connectivity index (χ4v) is 1.85. The number of hydrogen-bond acceptors (Lipinski definition) is 3. The summed E-state index contributed by atoms with van der Waals surface area (Å²) >= 11 is 0. The highest BCUT2D eigenvalue weighted by Crippen LogP contribution is 2.06. The van der Waals surface area contributed by atoms with E-state index in [0.29, 0.717) is 11.1 Å². The van der Waals surface area contributed by atoms with E-state index in [-0.39, 0.29) is 31.3 Å². The van der Waals surface area contributed by atoms with Gasteiger partial charge in [0.2, 0.25) is 5.91 Å². The summed E-state index contributed by atoms with van der Waals surface area (Å²) in [4.78, 5) is 27.2. The molecule has 22 heavy (non-hydrogen) atoms. The molecule has 0 saturated carbocycles. The molecule has 2 N–H and O–H groups in total. The normalized spacial score (nSPS) is 10.0.